The van der Waals surface area contributed by atoms with E-state index in [4.69, 9.17) is 0 Å². The van der Waals surface area contributed by atoms with E-state index in [2.05, 4.69) is 15.1 Å². The number of carbonyl (C=O) groups is 1. The molecule has 2 atom stereocenters. The van der Waals surface area contributed by atoms with Crippen LogP contribution in [0.3, 0.4) is 0 Å². The zero-order chi connectivity index (χ0) is 14.5. The molecule has 0 aromatic carbocycles. The predicted octanol–water partition coefficient (Wildman–Crippen LogP) is 1.85. The molecule has 3 fully saturated rings. The zero-order valence-corrected chi connectivity index (χ0v) is 13.4. The Kier molecular flexibility index (Phi) is 5.53. The van der Waals surface area contributed by atoms with Gasteiger partial charge in [-0.3, -0.25) is 9.69 Å². The Morgan fingerprint density at radius 1 is 1.05 bits per heavy atom. The van der Waals surface area contributed by atoms with E-state index in [0.717, 1.165) is 44.9 Å². The van der Waals surface area contributed by atoms with Gasteiger partial charge in [0.25, 0.3) is 0 Å². The number of piperidine rings is 2. The third-order valence-electron chi connectivity index (χ3n) is 5.59. The minimum absolute atomic E-state index is 0.403. The number of hydrogen-bond donors (Lipinski definition) is 1. The molecule has 0 saturated carbocycles. The van der Waals surface area contributed by atoms with Crippen molar-refractivity contribution < 1.29 is 4.79 Å². The molecule has 4 heteroatoms. The van der Waals surface area contributed by atoms with E-state index < -0.39 is 0 Å². The number of hydrogen-bond acceptors (Lipinski definition) is 3. The van der Waals surface area contributed by atoms with Crippen molar-refractivity contribution in [1.82, 2.24) is 15.1 Å². The Morgan fingerprint density at radius 2 is 1.90 bits per heavy atom. The van der Waals surface area contributed by atoms with Gasteiger partial charge in [0, 0.05) is 25.6 Å². The Balaban J connectivity index is 1.39. The molecule has 3 rings (SSSR count). The maximum atomic E-state index is 12.4. The molecule has 0 aliphatic carbocycles. The fourth-order valence-electron chi connectivity index (χ4n) is 4.21. The van der Waals surface area contributed by atoms with Crippen LogP contribution in [-0.2, 0) is 4.79 Å². The van der Waals surface area contributed by atoms with Crippen LogP contribution in [0.5, 0.6) is 0 Å². The first-order valence-electron chi connectivity index (χ1n) is 9.05. The summed E-state index contributed by atoms with van der Waals surface area (Å²) in [5.41, 5.74) is 0. The summed E-state index contributed by atoms with van der Waals surface area (Å²) in [4.78, 5) is 17.2. The monoisotopic (exact) mass is 293 g/mol. The van der Waals surface area contributed by atoms with Gasteiger partial charge < -0.3 is 10.2 Å². The first kappa shape index (κ1) is 15.3. The molecule has 1 N–H and O–H groups in total. The second-order valence-corrected chi connectivity index (χ2v) is 7.13. The van der Waals surface area contributed by atoms with Crippen LogP contribution in [-0.4, -0.2) is 61.0 Å². The maximum absolute atomic E-state index is 12.4. The lowest BCUT2D eigenvalue weighted by atomic mass is 9.94. The highest BCUT2D eigenvalue weighted by atomic mass is 16.2. The summed E-state index contributed by atoms with van der Waals surface area (Å²) in [5.74, 6) is 1.13. The molecule has 3 heterocycles. The Morgan fingerprint density at radius 3 is 2.67 bits per heavy atom. The molecular formula is C17H31N3O. The fourth-order valence-corrected chi connectivity index (χ4v) is 4.21. The quantitative estimate of drug-likeness (QED) is 0.859. The normalized spacial score (nSPS) is 31.5. The van der Waals surface area contributed by atoms with Crippen molar-refractivity contribution in [2.45, 2.75) is 57.4 Å². The largest absolute Gasteiger partial charge is 0.341 e. The minimum atomic E-state index is 0.403. The van der Waals surface area contributed by atoms with E-state index in [0.29, 0.717) is 11.9 Å². The van der Waals surface area contributed by atoms with Gasteiger partial charge >= 0.3 is 0 Å². The summed E-state index contributed by atoms with van der Waals surface area (Å²) in [7, 11) is 0. The molecule has 1 amide bonds. The summed E-state index contributed by atoms with van der Waals surface area (Å²) in [6.45, 7) is 6.75. The molecule has 0 bridgehead atoms. The fraction of sp³-hybridized carbons (Fsp3) is 0.941. The van der Waals surface area contributed by atoms with Crippen molar-refractivity contribution in [3.05, 3.63) is 0 Å². The van der Waals surface area contributed by atoms with Crippen molar-refractivity contribution in [3.63, 3.8) is 0 Å². The first-order chi connectivity index (χ1) is 10.3. The molecule has 4 nitrogen and oxygen atoms in total. The lowest BCUT2D eigenvalue weighted by molar-refractivity contribution is -0.130. The van der Waals surface area contributed by atoms with E-state index in [-0.39, 0.29) is 0 Å². The highest BCUT2D eigenvalue weighted by Crippen LogP contribution is 2.22. The lowest BCUT2D eigenvalue weighted by Crippen LogP contribution is -2.41. The molecule has 120 valence electrons. The molecule has 3 aliphatic rings. The van der Waals surface area contributed by atoms with Crippen molar-refractivity contribution in [3.8, 4) is 0 Å². The number of likely N-dealkylation sites (tertiary alicyclic amines) is 2. The topological polar surface area (TPSA) is 35.6 Å². The third-order valence-corrected chi connectivity index (χ3v) is 5.59. The first-order valence-corrected chi connectivity index (χ1v) is 9.05. The van der Waals surface area contributed by atoms with Crippen LogP contribution < -0.4 is 5.32 Å². The van der Waals surface area contributed by atoms with Gasteiger partial charge in [0.1, 0.15) is 0 Å². The smallest absolute Gasteiger partial charge is 0.222 e. The second kappa shape index (κ2) is 7.59. The van der Waals surface area contributed by atoms with Gasteiger partial charge in [-0.1, -0.05) is 6.42 Å². The van der Waals surface area contributed by atoms with E-state index in [1.54, 1.807) is 0 Å². The molecule has 0 aromatic heterocycles. The summed E-state index contributed by atoms with van der Waals surface area (Å²) in [6.07, 6.45) is 9.70. The molecule has 3 aliphatic heterocycles. The average molecular weight is 293 g/mol. The number of carbonyl (C=O) groups excluding carboxylic acids is 1. The van der Waals surface area contributed by atoms with Crippen molar-refractivity contribution in [2.24, 2.45) is 5.92 Å². The van der Waals surface area contributed by atoms with Crippen LogP contribution in [0.15, 0.2) is 0 Å². The Hall–Kier alpha value is -0.610. The van der Waals surface area contributed by atoms with Crippen LogP contribution in [0.2, 0.25) is 0 Å². The molecular weight excluding hydrogens is 262 g/mol. The zero-order valence-electron chi connectivity index (χ0n) is 13.4. The molecule has 0 aromatic rings. The van der Waals surface area contributed by atoms with Crippen molar-refractivity contribution >= 4 is 5.91 Å². The average Bonchev–Trinajstić information content (AvgIpc) is 3.04. The van der Waals surface area contributed by atoms with Crippen LogP contribution >= 0.6 is 0 Å². The molecule has 0 radical (unpaired) electrons. The summed E-state index contributed by atoms with van der Waals surface area (Å²) >= 11 is 0. The van der Waals surface area contributed by atoms with Crippen LogP contribution in [0.1, 0.15) is 51.4 Å². The van der Waals surface area contributed by atoms with Gasteiger partial charge in [-0.25, -0.2) is 0 Å². The van der Waals surface area contributed by atoms with Gasteiger partial charge in [-0.15, -0.1) is 0 Å². The van der Waals surface area contributed by atoms with E-state index >= 15 is 0 Å². The van der Waals surface area contributed by atoms with Gasteiger partial charge in [-0.2, -0.15) is 0 Å². The van der Waals surface area contributed by atoms with Crippen LogP contribution in [0.4, 0.5) is 0 Å². The van der Waals surface area contributed by atoms with E-state index in [1.807, 2.05) is 0 Å². The standard InChI is InChI=1S/C17H31N3O/c21-17(7-6-15-5-4-9-18-13-15)20-12-8-16(14-20)19-10-2-1-3-11-19/h15-16,18H,1-14H2. The molecule has 21 heavy (non-hydrogen) atoms. The molecule has 2 unspecified atom stereocenters. The Bertz CT molecular complexity index is 335. The van der Waals surface area contributed by atoms with Crippen molar-refractivity contribution in [2.75, 3.05) is 39.3 Å². The number of nitrogens with zero attached hydrogens (tertiary/aromatic N) is 2. The molecule has 3 saturated heterocycles. The van der Waals surface area contributed by atoms with Crippen LogP contribution in [0, 0.1) is 5.92 Å². The third kappa shape index (κ3) is 4.19. The minimum Gasteiger partial charge on any atom is -0.341 e. The summed E-state index contributed by atoms with van der Waals surface area (Å²) < 4.78 is 0. The highest BCUT2D eigenvalue weighted by Gasteiger charge is 2.30. The molecule has 0 spiro atoms. The Labute approximate surface area is 129 Å². The van der Waals surface area contributed by atoms with Gasteiger partial charge in [0.05, 0.1) is 0 Å². The number of rotatable bonds is 4. The predicted molar refractivity (Wildman–Crippen MR) is 85.2 cm³/mol. The summed E-state index contributed by atoms with van der Waals surface area (Å²) in [6, 6.07) is 0.644. The number of amides is 1. The highest BCUT2D eigenvalue weighted by molar-refractivity contribution is 5.76. The SMILES string of the molecule is O=C(CCC1CCCNC1)N1CCC(N2CCCCC2)C1. The summed E-state index contributed by atoms with van der Waals surface area (Å²) in [5, 5.41) is 3.45. The van der Waals surface area contributed by atoms with Crippen molar-refractivity contribution in [1.29, 1.82) is 0 Å². The van der Waals surface area contributed by atoms with Crippen LogP contribution in [0.25, 0.3) is 0 Å². The second-order valence-electron chi connectivity index (χ2n) is 7.13. The van der Waals surface area contributed by atoms with E-state index in [1.165, 1.54) is 51.6 Å². The van der Waals surface area contributed by atoms with Gasteiger partial charge in [-0.05, 0) is 70.6 Å². The maximum Gasteiger partial charge on any atom is 0.222 e. The van der Waals surface area contributed by atoms with Gasteiger partial charge in [0.15, 0.2) is 0 Å². The number of nitrogens with one attached hydrogen (secondary N) is 1. The van der Waals surface area contributed by atoms with Gasteiger partial charge in [0.2, 0.25) is 5.91 Å². The lowest BCUT2D eigenvalue weighted by Gasteiger charge is -2.32. The van der Waals surface area contributed by atoms with E-state index in [9.17, 15) is 4.79 Å².